The second-order valence-electron chi connectivity index (χ2n) is 2.48. The van der Waals surface area contributed by atoms with Gasteiger partial charge in [0.2, 0.25) is 0 Å². The van der Waals surface area contributed by atoms with Gasteiger partial charge >= 0.3 is 0 Å². The van der Waals surface area contributed by atoms with Crippen molar-refractivity contribution in [2.75, 3.05) is 11.5 Å². The normalized spacial score (nSPS) is 11.1. The summed E-state index contributed by atoms with van der Waals surface area (Å²) in [6, 6.07) is 3.64. The van der Waals surface area contributed by atoms with E-state index in [0.717, 1.165) is 15.1 Å². The van der Waals surface area contributed by atoms with Gasteiger partial charge in [0.25, 0.3) is 0 Å². The van der Waals surface area contributed by atoms with E-state index < -0.39 is 0 Å². The van der Waals surface area contributed by atoms with Crippen molar-refractivity contribution in [3.05, 3.63) is 33.2 Å². The zero-order valence-corrected chi connectivity index (χ0v) is 11.1. The van der Waals surface area contributed by atoms with Crippen molar-refractivity contribution in [3.8, 4) is 0 Å². The van der Waals surface area contributed by atoms with Crippen LogP contribution in [0.2, 0.25) is 5.02 Å². The van der Waals surface area contributed by atoms with Crippen LogP contribution < -0.4 is 5.73 Å². The molecule has 0 aliphatic heterocycles. The van der Waals surface area contributed by atoms with Crippen LogP contribution in [0.3, 0.4) is 0 Å². The molecular formula is C9H8BrCl2NS. The van der Waals surface area contributed by atoms with E-state index in [1.807, 2.05) is 12.1 Å². The topological polar surface area (TPSA) is 26.0 Å². The Morgan fingerprint density at radius 1 is 1.50 bits per heavy atom. The molecule has 0 aromatic heterocycles. The minimum Gasteiger partial charge on any atom is -0.397 e. The van der Waals surface area contributed by atoms with Crippen molar-refractivity contribution in [1.29, 1.82) is 0 Å². The van der Waals surface area contributed by atoms with E-state index in [1.54, 1.807) is 17.8 Å². The average molecular weight is 313 g/mol. The predicted octanol–water partition coefficient (Wildman–Crippen LogP) is 4.53. The van der Waals surface area contributed by atoms with Crippen molar-refractivity contribution in [2.24, 2.45) is 0 Å². The van der Waals surface area contributed by atoms with Crippen molar-refractivity contribution in [2.45, 2.75) is 4.90 Å². The third kappa shape index (κ3) is 3.39. The summed E-state index contributed by atoms with van der Waals surface area (Å²) >= 11 is 16.4. The summed E-state index contributed by atoms with van der Waals surface area (Å²) in [4.78, 5) is 1.05. The van der Waals surface area contributed by atoms with E-state index in [2.05, 4.69) is 15.9 Å². The van der Waals surface area contributed by atoms with Gasteiger partial charge in [0, 0.05) is 20.7 Å². The van der Waals surface area contributed by atoms with Crippen LogP contribution in [0.15, 0.2) is 33.1 Å². The molecule has 1 rings (SSSR count). The van der Waals surface area contributed by atoms with Crippen molar-refractivity contribution in [1.82, 2.24) is 0 Å². The largest absolute Gasteiger partial charge is 0.397 e. The Balaban J connectivity index is 2.81. The molecule has 0 radical (unpaired) electrons. The van der Waals surface area contributed by atoms with Gasteiger partial charge in [-0.3, -0.25) is 0 Å². The molecule has 76 valence electrons. The van der Waals surface area contributed by atoms with Gasteiger partial charge in [0.05, 0.1) is 10.7 Å². The molecular weight excluding hydrogens is 305 g/mol. The third-order valence-corrected chi connectivity index (χ3v) is 3.91. The number of rotatable bonds is 3. The van der Waals surface area contributed by atoms with Gasteiger partial charge in [-0.25, -0.2) is 0 Å². The van der Waals surface area contributed by atoms with Crippen LogP contribution in [0.5, 0.6) is 0 Å². The van der Waals surface area contributed by atoms with Gasteiger partial charge < -0.3 is 5.73 Å². The summed E-state index contributed by atoms with van der Waals surface area (Å²) in [5, 5.41) is 0.575. The fourth-order valence-corrected chi connectivity index (χ4v) is 2.73. The van der Waals surface area contributed by atoms with Crippen LogP contribution >= 0.6 is 50.9 Å². The molecule has 1 nitrogen and oxygen atoms in total. The first-order valence-electron chi connectivity index (χ1n) is 3.77. The quantitative estimate of drug-likeness (QED) is 0.655. The molecule has 2 N–H and O–H groups in total. The lowest BCUT2D eigenvalue weighted by atomic mass is 10.3. The number of benzene rings is 1. The van der Waals surface area contributed by atoms with Gasteiger partial charge in [0.15, 0.2) is 0 Å². The number of nitrogens with two attached hydrogens (primary N) is 1. The van der Waals surface area contributed by atoms with Crippen LogP contribution in [0, 0.1) is 0 Å². The maximum atomic E-state index is 5.90. The molecule has 1 aromatic carbocycles. The molecule has 0 atom stereocenters. The SMILES string of the molecule is Nc1cc(Br)c(SC/C=C/Cl)cc1Cl. The molecule has 0 bridgehead atoms. The molecule has 0 aliphatic rings. The molecule has 0 amide bonds. The fourth-order valence-electron chi connectivity index (χ4n) is 0.829. The molecule has 0 spiro atoms. The Morgan fingerprint density at radius 3 is 2.86 bits per heavy atom. The van der Waals surface area contributed by atoms with E-state index in [4.69, 9.17) is 28.9 Å². The Labute approximate surface area is 106 Å². The number of hydrogen-bond donors (Lipinski definition) is 1. The van der Waals surface area contributed by atoms with Crippen LogP contribution in [0.1, 0.15) is 0 Å². The highest BCUT2D eigenvalue weighted by molar-refractivity contribution is 9.10. The smallest absolute Gasteiger partial charge is 0.0647 e. The highest BCUT2D eigenvalue weighted by Gasteiger charge is 2.04. The summed E-state index contributed by atoms with van der Waals surface area (Å²) in [6.45, 7) is 0. The lowest BCUT2D eigenvalue weighted by molar-refractivity contribution is 1.41. The first-order valence-corrected chi connectivity index (χ1v) is 6.37. The summed E-state index contributed by atoms with van der Waals surface area (Å²) in [7, 11) is 0. The van der Waals surface area contributed by atoms with Crippen LogP contribution in [-0.2, 0) is 0 Å². The minimum atomic E-state index is 0.575. The Bertz CT molecular complexity index is 355. The number of halogens is 3. The van der Waals surface area contributed by atoms with Gasteiger partial charge in [-0.2, -0.15) is 0 Å². The van der Waals surface area contributed by atoms with Gasteiger partial charge in [0.1, 0.15) is 0 Å². The molecule has 0 fully saturated rings. The molecule has 0 saturated heterocycles. The van der Waals surface area contributed by atoms with Crippen LogP contribution in [0.4, 0.5) is 5.69 Å². The molecule has 0 heterocycles. The third-order valence-electron chi connectivity index (χ3n) is 1.48. The monoisotopic (exact) mass is 311 g/mol. The van der Waals surface area contributed by atoms with E-state index >= 15 is 0 Å². The summed E-state index contributed by atoms with van der Waals surface area (Å²) in [6.07, 6.45) is 1.86. The lowest BCUT2D eigenvalue weighted by Gasteiger charge is -2.05. The zero-order valence-electron chi connectivity index (χ0n) is 7.14. The predicted molar refractivity (Wildman–Crippen MR) is 69.3 cm³/mol. The Kier molecular flexibility index (Phi) is 5.17. The second kappa shape index (κ2) is 5.91. The van der Waals surface area contributed by atoms with Gasteiger partial charge in [-0.15, -0.1) is 11.8 Å². The molecule has 14 heavy (non-hydrogen) atoms. The molecule has 0 saturated carbocycles. The van der Waals surface area contributed by atoms with Crippen LogP contribution in [0.25, 0.3) is 0 Å². The van der Waals surface area contributed by atoms with E-state index in [0.29, 0.717) is 10.7 Å². The molecule has 1 aromatic rings. The van der Waals surface area contributed by atoms with Crippen LogP contribution in [-0.4, -0.2) is 5.75 Å². The lowest BCUT2D eigenvalue weighted by Crippen LogP contribution is -1.87. The number of hydrogen-bond acceptors (Lipinski definition) is 2. The van der Waals surface area contributed by atoms with Crippen molar-refractivity contribution in [3.63, 3.8) is 0 Å². The van der Waals surface area contributed by atoms with E-state index in [-0.39, 0.29) is 0 Å². The maximum Gasteiger partial charge on any atom is 0.0647 e. The number of nitrogen functional groups attached to an aromatic ring is 1. The van der Waals surface area contributed by atoms with Gasteiger partial charge in [-0.1, -0.05) is 29.3 Å². The molecule has 5 heteroatoms. The first kappa shape index (κ1) is 12.2. The molecule has 0 aliphatic carbocycles. The minimum absolute atomic E-state index is 0.575. The number of anilines is 1. The highest BCUT2D eigenvalue weighted by atomic mass is 79.9. The molecule has 0 unspecified atom stereocenters. The standard InChI is InChI=1S/C9H8BrCl2NS/c10-6-4-8(13)7(12)5-9(6)14-3-1-2-11/h1-2,4-5H,3,13H2/b2-1+. The van der Waals surface area contributed by atoms with Crippen molar-refractivity contribution >= 4 is 56.6 Å². The Hall–Kier alpha value is 0.170. The second-order valence-corrected chi connectivity index (χ2v) is 5.05. The fraction of sp³-hybridized carbons (Fsp3) is 0.111. The zero-order chi connectivity index (χ0) is 10.6. The maximum absolute atomic E-state index is 5.90. The van der Waals surface area contributed by atoms with Gasteiger partial charge in [-0.05, 0) is 28.1 Å². The summed E-state index contributed by atoms with van der Waals surface area (Å²) < 4.78 is 0.951. The summed E-state index contributed by atoms with van der Waals surface area (Å²) in [5.41, 5.74) is 7.72. The van der Waals surface area contributed by atoms with E-state index in [9.17, 15) is 0 Å². The number of thioether (sulfide) groups is 1. The summed E-state index contributed by atoms with van der Waals surface area (Å²) in [5.74, 6) is 0.808. The Morgan fingerprint density at radius 2 is 2.21 bits per heavy atom. The highest BCUT2D eigenvalue weighted by Crippen LogP contribution is 2.33. The van der Waals surface area contributed by atoms with Crippen molar-refractivity contribution < 1.29 is 0 Å². The first-order chi connectivity index (χ1) is 6.65. The average Bonchev–Trinajstić information content (AvgIpc) is 2.14. The van der Waals surface area contributed by atoms with E-state index in [1.165, 1.54) is 5.54 Å².